The van der Waals surface area contributed by atoms with Gasteiger partial charge in [-0.25, -0.2) is 0 Å². The molecular weight excluding hydrogens is 419 g/mol. The van der Waals surface area contributed by atoms with Crippen LogP contribution in [0.5, 0.6) is 0 Å². The van der Waals surface area contributed by atoms with Gasteiger partial charge in [0.05, 0.1) is 11.2 Å². The molecule has 3 nitrogen and oxygen atoms in total. The van der Waals surface area contributed by atoms with Crippen molar-refractivity contribution < 1.29 is 13.7 Å². The van der Waals surface area contributed by atoms with Crippen LogP contribution < -0.4 is 5.46 Å². The fourth-order valence-electron chi connectivity index (χ4n) is 4.70. The zero-order valence-corrected chi connectivity index (χ0v) is 20.0. The highest BCUT2D eigenvalue weighted by atomic mass is 16.7. The lowest BCUT2D eigenvalue weighted by molar-refractivity contribution is 0.00578. The van der Waals surface area contributed by atoms with Gasteiger partial charge in [0.2, 0.25) is 0 Å². The van der Waals surface area contributed by atoms with Crippen molar-refractivity contribution in [3.8, 4) is 22.3 Å². The zero-order valence-electron chi connectivity index (χ0n) is 20.0. The molecule has 4 heteroatoms. The standard InChI is InChI=1S/C30H27BO3/c1-29(2)30(3,4)34-31(33-29)23-18-24(21-13-9-6-10-14-21)28-25-17-22(20-11-7-5-8-12-20)15-16-26(25)32-27(28)19-23/h5-19H,1-4H3. The van der Waals surface area contributed by atoms with Crippen LogP contribution >= 0.6 is 0 Å². The second-order valence-corrected chi connectivity index (χ2v) is 10.1. The van der Waals surface area contributed by atoms with Crippen molar-refractivity contribution in [2.75, 3.05) is 0 Å². The highest BCUT2D eigenvalue weighted by molar-refractivity contribution is 6.62. The Labute approximate surface area is 200 Å². The minimum Gasteiger partial charge on any atom is -0.456 e. The van der Waals surface area contributed by atoms with E-state index in [1.807, 2.05) is 12.1 Å². The molecular formula is C30H27BO3. The molecule has 168 valence electrons. The van der Waals surface area contributed by atoms with Crippen LogP contribution in [0.1, 0.15) is 27.7 Å². The molecule has 2 heterocycles. The van der Waals surface area contributed by atoms with E-state index in [9.17, 15) is 0 Å². The van der Waals surface area contributed by atoms with Crippen LogP contribution in [0.2, 0.25) is 0 Å². The first-order valence-corrected chi connectivity index (χ1v) is 11.8. The van der Waals surface area contributed by atoms with Crippen LogP contribution in [-0.2, 0) is 9.31 Å². The zero-order chi connectivity index (χ0) is 23.5. The molecule has 0 spiro atoms. The third kappa shape index (κ3) is 3.37. The van der Waals surface area contributed by atoms with E-state index in [1.165, 1.54) is 11.1 Å². The molecule has 1 saturated heterocycles. The van der Waals surface area contributed by atoms with Gasteiger partial charge in [-0.2, -0.15) is 0 Å². The summed E-state index contributed by atoms with van der Waals surface area (Å²) in [4.78, 5) is 0. The van der Waals surface area contributed by atoms with Crippen LogP contribution in [0.4, 0.5) is 0 Å². The summed E-state index contributed by atoms with van der Waals surface area (Å²) in [7, 11) is -0.454. The smallest absolute Gasteiger partial charge is 0.456 e. The quantitative estimate of drug-likeness (QED) is 0.274. The Balaban J connectivity index is 1.59. The Morgan fingerprint density at radius 2 is 1.21 bits per heavy atom. The van der Waals surface area contributed by atoms with E-state index in [2.05, 4.69) is 107 Å². The summed E-state index contributed by atoms with van der Waals surface area (Å²) in [6.07, 6.45) is 0. The SMILES string of the molecule is CC1(C)OB(c2cc(-c3ccccc3)c3c(c2)oc2ccc(-c4ccccc4)cc23)OC1(C)C. The molecule has 0 radical (unpaired) electrons. The minimum absolute atomic E-state index is 0.405. The lowest BCUT2D eigenvalue weighted by Gasteiger charge is -2.32. The summed E-state index contributed by atoms with van der Waals surface area (Å²) in [5, 5.41) is 2.22. The fraction of sp³-hybridized carbons (Fsp3) is 0.200. The molecule has 0 amide bonds. The molecule has 0 saturated carbocycles. The first-order valence-electron chi connectivity index (χ1n) is 11.8. The Kier molecular flexibility index (Phi) is 4.74. The first kappa shape index (κ1) is 21.2. The summed E-state index contributed by atoms with van der Waals surface area (Å²) in [6, 6.07) is 31.6. The van der Waals surface area contributed by atoms with Gasteiger partial charge >= 0.3 is 7.12 Å². The van der Waals surface area contributed by atoms with E-state index in [4.69, 9.17) is 13.7 Å². The number of fused-ring (bicyclic) bond motifs is 3. The van der Waals surface area contributed by atoms with Crippen molar-refractivity contribution in [3.05, 3.63) is 91.0 Å². The Bertz CT molecular complexity index is 1480. The Morgan fingerprint density at radius 3 is 1.85 bits per heavy atom. The number of furan rings is 1. The van der Waals surface area contributed by atoms with Crippen molar-refractivity contribution in [1.29, 1.82) is 0 Å². The summed E-state index contributed by atoms with van der Waals surface area (Å²) in [6.45, 7) is 8.32. The van der Waals surface area contributed by atoms with Crippen LogP contribution in [0.25, 0.3) is 44.2 Å². The van der Waals surface area contributed by atoms with Gasteiger partial charge in [-0.3, -0.25) is 0 Å². The third-order valence-corrected chi connectivity index (χ3v) is 7.31. The highest BCUT2D eigenvalue weighted by Crippen LogP contribution is 2.40. The predicted molar refractivity (Wildman–Crippen MR) is 140 cm³/mol. The highest BCUT2D eigenvalue weighted by Gasteiger charge is 2.51. The molecule has 0 bridgehead atoms. The van der Waals surface area contributed by atoms with Gasteiger partial charge < -0.3 is 13.7 Å². The maximum absolute atomic E-state index is 6.40. The normalized spacial score (nSPS) is 17.0. The van der Waals surface area contributed by atoms with E-state index in [-0.39, 0.29) is 0 Å². The molecule has 34 heavy (non-hydrogen) atoms. The summed E-state index contributed by atoms with van der Waals surface area (Å²) >= 11 is 0. The molecule has 1 fully saturated rings. The summed E-state index contributed by atoms with van der Waals surface area (Å²) in [5.41, 5.74) is 6.48. The molecule has 1 aliphatic heterocycles. The summed E-state index contributed by atoms with van der Waals surface area (Å²) in [5.74, 6) is 0. The van der Waals surface area contributed by atoms with Crippen molar-refractivity contribution in [2.45, 2.75) is 38.9 Å². The molecule has 0 N–H and O–H groups in total. The number of benzene rings is 4. The third-order valence-electron chi connectivity index (χ3n) is 7.31. The lowest BCUT2D eigenvalue weighted by Crippen LogP contribution is -2.41. The average molecular weight is 446 g/mol. The fourth-order valence-corrected chi connectivity index (χ4v) is 4.70. The van der Waals surface area contributed by atoms with Crippen LogP contribution in [-0.4, -0.2) is 18.3 Å². The first-order chi connectivity index (χ1) is 16.3. The maximum atomic E-state index is 6.40. The van der Waals surface area contributed by atoms with E-state index in [0.717, 1.165) is 38.5 Å². The Morgan fingerprint density at radius 1 is 0.588 bits per heavy atom. The molecule has 0 atom stereocenters. The molecule has 6 rings (SSSR count). The van der Waals surface area contributed by atoms with Gasteiger partial charge in [0, 0.05) is 10.8 Å². The summed E-state index contributed by atoms with van der Waals surface area (Å²) < 4.78 is 19.2. The van der Waals surface area contributed by atoms with Gasteiger partial charge in [0.15, 0.2) is 0 Å². The van der Waals surface area contributed by atoms with Crippen molar-refractivity contribution in [2.24, 2.45) is 0 Å². The molecule has 4 aromatic carbocycles. The van der Waals surface area contributed by atoms with Crippen LogP contribution in [0, 0.1) is 0 Å². The van der Waals surface area contributed by atoms with Gasteiger partial charge in [-0.1, -0.05) is 72.8 Å². The van der Waals surface area contributed by atoms with Gasteiger partial charge in [-0.05, 0) is 73.6 Å². The van der Waals surface area contributed by atoms with Crippen molar-refractivity contribution >= 4 is 34.5 Å². The molecule has 1 aliphatic rings. The average Bonchev–Trinajstić information content (AvgIpc) is 3.31. The van der Waals surface area contributed by atoms with Gasteiger partial charge in [0.1, 0.15) is 11.2 Å². The largest absolute Gasteiger partial charge is 0.494 e. The Hall–Kier alpha value is -3.34. The van der Waals surface area contributed by atoms with Crippen LogP contribution in [0.15, 0.2) is 95.4 Å². The van der Waals surface area contributed by atoms with Crippen molar-refractivity contribution in [3.63, 3.8) is 0 Å². The number of hydrogen-bond donors (Lipinski definition) is 0. The second kappa shape index (κ2) is 7.59. The molecule has 1 aromatic heterocycles. The minimum atomic E-state index is -0.454. The molecule has 0 unspecified atom stereocenters. The number of rotatable bonds is 3. The van der Waals surface area contributed by atoms with E-state index < -0.39 is 18.3 Å². The van der Waals surface area contributed by atoms with Gasteiger partial charge in [-0.15, -0.1) is 0 Å². The number of hydrogen-bond acceptors (Lipinski definition) is 3. The maximum Gasteiger partial charge on any atom is 0.494 e. The second-order valence-electron chi connectivity index (χ2n) is 10.1. The molecule has 5 aromatic rings. The van der Waals surface area contributed by atoms with E-state index >= 15 is 0 Å². The monoisotopic (exact) mass is 446 g/mol. The van der Waals surface area contributed by atoms with E-state index in [0.29, 0.717) is 0 Å². The molecule has 0 aliphatic carbocycles. The lowest BCUT2D eigenvalue weighted by atomic mass is 9.77. The van der Waals surface area contributed by atoms with Crippen molar-refractivity contribution in [1.82, 2.24) is 0 Å². The van der Waals surface area contributed by atoms with Gasteiger partial charge in [0.25, 0.3) is 0 Å². The topological polar surface area (TPSA) is 31.6 Å². The van der Waals surface area contributed by atoms with E-state index in [1.54, 1.807) is 0 Å². The van der Waals surface area contributed by atoms with Crippen LogP contribution in [0.3, 0.4) is 0 Å². The predicted octanol–water partition coefficient (Wildman–Crippen LogP) is 7.22.